The largest absolute Gasteiger partial charge is 0.493 e. The van der Waals surface area contributed by atoms with E-state index in [0.29, 0.717) is 0 Å². The van der Waals surface area contributed by atoms with E-state index in [9.17, 15) is 0 Å². The minimum Gasteiger partial charge on any atom is -0.493 e. The van der Waals surface area contributed by atoms with Crippen LogP contribution in [0.25, 0.3) is 0 Å². The number of hydrogen-bond acceptors (Lipinski definition) is 4. The lowest BCUT2D eigenvalue weighted by molar-refractivity contribution is 0.345. The zero-order chi connectivity index (χ0) is 13.2. The molecule has 0 unspecified atom stereocenters. The fourth-order valence-corrected chi connectivity index (χ4v) is 2.26. The van der Waals surface area contributed by atoms with E-state index < -0.39 is 0 Å². The van der Waals surface area contributed by atoms with Gasteiger partial charge in [0.2, 0.25) is 0 Å². The Bertz CT molecular complexity index is 438. The molecule has 0 bridgehead atoms. The number of pyridine rings is 1. The quantitative estimate of drug-likeness (QED) is 0.629. The molecule has 2 rings (SSSR count). The first-order valence-electron chi connectivity index (χ1n) is 6.15. The SMILES string of the molecule is COc1cccnc1N1CCC(C)(C(=N)N)CC1. The first kappa shape index (κ1) is 12.7. The first-order chi connectivity index (χ1) is 8.57. The van der Waals surface area contributed by atoms with Crippen LogP contribution in [-0.4, -0.2) is 31.0 Å². The summed E-state index contributed by atoms with van der Waals surface area (Å²) >= 11 is 0. The lowest BCUT2D eigenvalue weighted by Gasteiger charge is -2.39. The zero-order valence-electron chi connectivity index (χ0n) is 10.9. The summed E-state index contributed by atoms with van der Waals surface area (Å²) in [5, 5.41) is 7.65. The third kappa shape index (κ3) is 2.25. The molecule has 0 amide bonds. The molecule has 1 aromatic rings. The molecule has 5 heteroatoms. The van der Waals surface area contributed by atoms with Crippen LogP contribution < -0.4 is 15.4 Å². The molecule has 0 spiro atoms. The Balaban J connectivity index is 2.12. The molecule has 1 aromatic heterocycles. The van der Waals surface area contributed by atoms with E-state index in [1.165, 1.54) is 0 Å². The number of piperidine rings is 1. The average molecular weight is 248 g/mol. The van der Waals surface area contributed by atoms with Gasteiger partial charge in [0.15, 0.2) is 11.6 Å². The topological polar surface area (TPSA) is 75.2 Å². The number of hydrogen-bond donors (Lipinski definition) is 2. The Morgan fingerprint density at radius 2 is 2.17 bits per heavy atom. The Morgan fingerprint density at radius 3 is 2.72 bits per heavy atom. The van der Waals surface area contributed by atoms with Gasteiger partial charge in [-0.05, 0) is 25.0 Å². The van der Waals surface area contributed by atoms with Crippen LogP contribution in [0.15, 0.2) is 18.3 Å². The second-order valence-corrected chi connectivity index (χ2v) is 4.99. The third-order valence-corrected chi connectivity index (χ3v) is 3.79. The van der Waals surface area contributed by atoms with Crippen molar-refractivity contribution in [2.24, 2.45) is 11.1 Å². The summed E-state index contributed by atoms with van der Waals surface area (Å²) in [7, 11) is 1.66. The molecule has 1 saturated heterocycles. The van der Waals surface area contributed by atoms with Crippen molar-refractivity contribution >= 4 is 11.7 Å². The molecule has 3 N–H and O–H groups in total. The molecule has 0 saturated carbocycles. The Morgan fingerprint density at radius 1 is 1.50 bits per heavy atom. The average Bonchev–Trinajstić information content (AvgIpc) is 2.39. The number of nitrogens with one attached hydrogen (secondary N) is 1. The number of methoxy groups -OCH3 is 1. The highest BCUT2D eigenvalue weighted by molar-refractivity contribution is 5.83. The minimum absolute atomic E-state index is 0.168. The van der Waals surface area contributed by atoms with Gasteiger partial charge in [-0.3, -0.25) is 5.41 Å². The monoisotopic (exact) mass is 248 g/mol. The molecule has 0 atom stereocenters. The number of anilines is 1. The molecule has 0 aliphatic carbocycles. The molecule has 1 aliphatic rings. The van der Waals surface area contributed by atoms with E-state index in [4.69, 9.17) is 15.9 Å². The highest BCUT2D eigenvalue weighted by atomic mass is 16.5. The van der Waals surface area contributed by atoms with E-state index in [1.807, 2.05) is 12.1 Å². The van der Waals surface area contributed by atoms with Crippen LogP contribution in [0.3, 0.4) is 0 Å². The predicted molar refractivity (Wildman–Crippen MR) is 72.3 cm³/mol. The summed E-state index contributed by atoms with van der Waals surface area (Å²) in [6, 6.07) is 3.78. The second kappa shape index (κ2) is 4.84. The van der Waals surface area contributed by atoms with Gasteiger partial charge in [-0.2, -0.15) is 0 Å². The van der Waals surface area contributed by atoms with Gasteiger partial charge in [-0.1, -0.05) is 6.92 Å². The molecular weight excluding hydrogens is 228 g/mol. The van der Waals surface area contributed by atoms with Crippen LogP contribution in [0.2, 0.25) is 0 Å². The fraction of sp³-hybridized carbons (Fsp3) is 0.538. The van der Waals surface area contributed by atoms with Gasteiger partial charge >= 0.3 is 0 Å². The number of amidine groups is 1. The van der Waals surface area contributed by atoms with Gasteiger partial charge in [0, 0.05) is 24.7 Å². The molecule has 1 aliphatic heterocycles. The number of ether oxygens (including phenoxy) is 1. The van der Waals surface area contributed by atoms with Crippen molar-refractivity contribution < 1.29 is 4.74 Å². The Hall–Kier alpha value is -1.78. The fourth-order valence-electron chi connectivity index (χ4n) is 2.26. The van der Waals surface area contributed by atoms with E-state index >= 15 is 0 Å². The van der Waals surface area contributed by atoms with Gasteiger partial charge < -0.3 is 15.4 Å². The molecule has 2 heterocycles. The van der Waals surface area contributed by atoms with Crippen molar-refractivity contribution in [1.82, 2.24) is 4.98 Å². The predicted octanol–water partition coefficient (Wildman–Crippen LogP) is 1.63. The van der Waals surface area contributed by atoms with E-state index in [2.05, 4.69) is 16.8 Å². The normalized spacial score (nSPS) is 18.4. The lowest BCUT2D eigenvalue weighted by atomic mass is 9.79. The van der Waals surface area contributed by atoms with Crippen LogP contribution in [0, 0.1) is 10.8 Å². The minimum atomic E-state index is -0.168. The maximum absolute atomic E-state index is 7.65. The Labute approximate surface area is 107 Å². The van der Waals surface area contributed by atoms with Gasteiger partial charge in [-0.15, -0.1) is 0 Å². The first-order valence-corrected chi connectivity index (χ1v) is 6.15. The molecular formula is C13H20N4O. The molecule has 0 aromatic carbocycles. The van der Waals surface area contributed by atoms with Crippen LogP contribution >= 0.6 is 0 Å². The summed E-state index contributed by atoms with van der Waals surface area (Å²) in [5.41, 5.74) is 5.50. The van der Waals surface area contributed by atoms with Crippen molar-refractivity contribution in [2.75, 3.05) is 25.1 Å². The smallest absolute Gasteiger partial charge is 0.171 e. The third-order valence-electron chi connectivity index (χ3n) is 3.79. The van der Waals surface area contributed by atoms with Crippen LogP contribution in [-0.2, 0) is 0 Å². The molecule has 5 nitrogen and oxygen atoms in total. The Kier molecular flexibility index (Phi) is 3.41. The van der Waals surface area contributed by atoms with Crippen molar-refractivity contribution in [2.45, 2.75) is 19.8 Å². The molecule has 1 fully saturated rings. The highest BCUT2D eigenvalue weighted by Gasteiger charge is 2.33. The van der Waals surface area contributed by atoms with E-state index in [1.54, 1.807) is 13.3 Å². The van der Waals surface area contributed by atoms with Gasteiger partial charge in [0.05, 0.1) is 12.9 Å². The summed E-state index contributed by atoms with van der Waals surface area (Å²) in [4.78, 5) is 6.58. The summed E-state index contributed by atoms with van der Waals surface area (Å²) in [5.74, 6) is 1.96. The summed E-state index contributed by atoms with van der Waals surface area (Å²) in [6.07, 6.45) is 3.53. The van der Waals surface area contributed by atoms with Gasteiger partial charge in [-0.25, -0.2) is 4.98 Å². The second-order valence-electron chi connectivity index (χ2n) is 4.99. The maximum Gasteiger partial charge on any atom is 0.171 e. The van der Waals surface area contributed by atoms with Crippen LogP contribution in [0.4, 0.5) is 5.82 Å². The lowest BCUT2D eigenvalue weighted by Crippen LogP contribution is -2.45. The number of nitrogens with zero attached hydrogens (tertiary/aromatic N) is 2. The maximum atomic E-state index is 7.65. The van der Waals surface area contributed by atoms with Crippen LogP contribution in [0.1, 0.15) is 19.8 Å². The number of aromatic nitrogens is 1. The van der Waals surface area contributed by atoms with Crippen LogP contribution in [0.5, 0.6) is 5.75 Å². The highest BCUT2D eigenvalue weighted by Crippen LogP contribution is 2.34. The van der Waals surface area contributed by atoms with Crippen molar-refractivity contribution in [3.05, 3.63) is 18.3 Å². The van der Waals surface area contributed by atoms with Crippen molar-refractivity contribution in [3.8, 4) is 5.75 Å². The van der Waals surface area contributed by atoms with Gasteiger partial charge in [0.1, 0.15) is 0 Å². The standard InChI is InChI=1S/C13H20N4O/c1-13(12(14)15)5-8-17(9-6-13)11-10(18-2)4-3-7-16-11/h3-4,7H,5-6,8-9H2,1-2H3,(H3,14,15). The molecule has 18 heavy (non-hydrogen) atoms. The van der Waals surface area contributed by atoms with Crippen molar-refractivity contribution in [1.29, 1.82) is 5.41 Å². The molecule has 0 radical (unpaired) electrons. The van der Waals surface area contributed by atoms with E-state index in [0.717, 1.165) is 37.5 Å². The number of nitrogens with two attached hydrogens (primary N) is 1. The van der Waals surface area contributed by atoms with Gasteiger partial charge in [0.25, 0.3) is 0 Å². The molecule has 98 valence electrons. The summed E-state index contributed by atoms with van der Waals surface area (Å²) < 4.78 is 5.33. The number of rotatable bonds is 3. The van der Waals surface area contributed by atoms with Crippen molar-refractivity contribution in [3.63, 3.8) is 0 Å². The zero-order valence-corrected chi connectivity index (χ0v) is 10.9. The summed E-state index contributed by atoms with van der Waals surface area (Å²) in [6.45, 7) is 3.76. The van der Waals surface area contributed by atoms with E-state index in [-0.39, 0.29) is 11.3 Å².